The number of hydrogen-bond donors (Lipinski definition) is 0. The molecule has 4 nitrogen and oxygen atoms in total. The van der Waals surface area contributed by atoms with Gasteiger partial charge in [-0.25, -0.2) is 0 Å². The number of hydrogen-bond acceptors (Lipinski definition) is 4. The van der Waals surface area contributed by atoms with Gasteiger partial charge in [0.05, 0.1) is 12.7 Å². The number of fused-ring (bicyclic) bond motifs is 1. The molecule has 0 saturated carbocycles. The summed E-state index contributed by atoms with van der Waals surface area (Å²) in [6, 6.07) is 0. The second-order valence-electron chi connectivity index (χ2n) is 7.21. The Labute approximate surface area is 134 Å². The van der Waals surface area contributed by atoms with Gasteiger partial charge in [-0.3, -0.25) is 4.90 Å². The van der Waals surface area contributed by atoms with E-state index in [1.54, 1.807) is 0 Å². The lowest BCUT2D eigenvalue weighted by Gasteiger charge is -2.50. The van der Waals surface area contributed by atoms with E-state index in [0.29, 0.717) is 12.0 Å². The zero-order valence-corrected chi connectivity index (χ0v) is 13.8. The molecular formula is C18H31NO3. The van der Waals surface area contributed by atoms with E-state index in [1.165, 1.54) is 12.8 Å². The number of likely N-dealkylation sites (tertiary alicyclic amines) is 1. The number of piperidine rings is 1. The third-order valence-corrected chi connectivity index (χ3v) is 5.54. The molecule has 2 atom stereocenters. The van der Waals surface area contributed by atoms with Gasteiger partial charge in [-0.2, -0.15) is 0 Å². The minimum absolute atomic E-state index is 0.199. The van der Waals surface area contributed by atoms with E-state index < -0.39 is 0 Å². The van der Waals surface area contributed by atoms with Crippen LogP contribution in [0.15, 0.2) is 12.7 Å². The molecule has 0 amide bonds. The highest BCUT2D eigenvalue weighted by Crippen LogP contribution is 2.40. The summed E-state index contributed by atoms with van der Waals surface area (Å²) < 4.78 is 17.7. The van der Waals surface area contributed by atoms with Crippen LogP contribution in [0.3, 0.4) is 0 Å². The van der Waals surface area contributed by atoms with Crippen molar-refractivity contribution in [3.05, 3.63) is 12.7 Å². The van der Waals surface area contributed by atoms with Crippen molar-refractivity contribution in [2.24, 2.45) is 11.3 Å². The SMILES string of the molecule is C=CCN1CC[C@@H]2OCCC[C@@]2(COCC2CCOCC2)C1. The monoisotopic (exact) mass is 309 g/mol. The highest BCUT2D eigenvalue weighted by molar-refractivity contribution is 4.97. The Hall–Kier alpha value is -0.420. The van der Waals surface area contributed by atoms with Crippen LogP contribution in [-0.4, -0.2) is 63.7 Å². The van der Waals surface area contributed by atoms with Gasteiger partial charge in [-0.05, 0) is 38.0 Å². The fraction of sp³-hybridized carbons (Fsp3) is 0.889. The fourth-order valence-corrected chi connectivity index (χ4v) is 4.27. The Kier molecular flexibility index (Phi) is 5.91. The van der Waals surface area contributed by atoms with Crippen LogP contribution in [0, 0.1) is 11.3 Å². The van der Waals surface area contributed by atoms with Crippen LogP contribution in [0.2, 0.25) is 0 Å². The number of nitrogens with zero attached hydrogens (tertiary/aromatic N) is 1. The average molecular weight is 309 g/mol. The first-order valence-electron chi connectivity index (χ1n) is 8.93. The predicted octanol–water partition coefficient (Wildman–Crippen LogP) is 2.49. The van der Waals surface area contributed by atoms with Crippen molar-refractivity contribution in [2.75, 3.05) is 52.7 Å². The van der Waals surface area contributed by atoms with Crippen molar-refractivity contribution in [1.29, 1.82) is 0 Å². The van der Waals surface area contributed by atoms with Crippen molar-refractivity contribution in [2.45, 2.75) is 38.2 Å². The van der Waals surface area contributed by atoms with Gasteiger partial charge in [0.1, 0.15) is 0 Å². The summed E-state index contributed by atoms with van der Waals surface area (Å²) in [6.45, 7) is 11.6. The summed E-state index contributed by atoms with van der Waals surface area (Å²) in [7, 11) is 0. The normalized spacial score (nSPS) is 34.3. The minimum atomic E-state index is 0.199. The molecule has 3 fully saturated rings. The highest BCUT2D eigenvalue weighted by Gasteiger charge is 2.45. The van der Waals surface area contributed by atoms with Crippen LogP contribution in [0.5, 0.6) is 0 Å². The van der Waals surface area contributed by atoms with Crippen LogP contribution in [-0.2, 0) is 14.2 Å². The molecule has 0 radical (unpaired) electrons. The van der Waals surface area contributed by atoms with Gasteiger partial charge < -0.3 is 14.2 Å². The van der Waals surface area contributed by atoms with Crippen molar-refractivity contribution >= 4 is 0 Å². The van der Waals surface area contributed by atoms with E-state index in [-0.39, 0.29) is 5.41 Å². The second kappa shape index (κ2) is 7.91. The molecule has 3 saturated heterocycles. The summed E-state index contributed by atoms with van der Waals surface area (Å²) in [4.78, 5) is 2.51. The Morgan fingerprint density at radius 2 is 2.09 bits per heavy atom. The zero-order valence-electron chi connectivity index (χ0n) is 13.8. The largest absolute Gasteiger partial charge is 0.381 e. The van der Waals surface area contributed by atoms with Gasteiger partial charge in [0.15, 0.2) is 0 Å². The molecule has 22 heavy (non-hydrogen) atoms. The van der Waals surface area contributed by atoms with Crippen LogP contribution >= 0.6 is 0 Å². The number of rotatable bonds is 6. The van der Waals surface area contributed by atoms with Crippen LogP contribution in [0.25, 0.3) is 0 Å². The van der Waals surface area contributed by atoms with E-state index >= 15 is 0 Å². The predicted molar refractivity (Wildman–Crippen MR) is 87.0 cm³/mol. The van der Waals surface area contributed by atoms with Gasteiger partial charge in [0, 0.05) is 51.5 Å². The molecule has 3 aliphatic heterocycles. The molecule has 0 aromatic carbocycles. The highest BCUT2D eigenvalue weighted by atomic mass is 16.5. The molecule has 0 bridgehead atoms. The van der Waals surface area contributed by atoms with E-state index in [0.717, 1.165) is 71.9 Å². The quantitative estimate of drug-likeness (QED) is 0.705. The molecule has 126 valence electrons. The molecule has 3 rings (SSSR count). The molecule has 0 unspecified atom stereocenters. The van der Waals surface area contributed by atoms with Crippen LogP contribution in [0.4, 0.5) is 0 Å². The Balaban J connectivity index is 1.54. The molecule has 0 N–H and O–H groups in total. The maximum absolute atomic E-state index is 6.21. The van der Waals surface area contributed by atoms with Crippen LogP contribution < -0.4 is 0 Å². The maximum atomic E-state index is 6.21. The standard InChI is InChI=1S/C18H31NO3/c1-2-8-19-9-4-17-18(14-19,7-3-10-22-17)15-21-13-16-5-11-20-12-6-16/h2,16-17H,1,3-15H2/t17-,18-/m0/s1. The fourth-order valence-electron chi connectivity index (χ4n) is 4.27. The van der Waals surface area contributed by atoms with Gasteiger partial charge >= 0.3 is 0 Å². The molecule has 0 aromatic rings. The lowest BCUT2D eigenvalue weighted by Crippen LogP contribution is -2.57. The van der Waals surface area contributed by atoms with E-state index in [4.69, 9.17) is 14.2 Å². The van der Waals surface area contributed by atoms with Crippen molar-refractivity contribution in [3.63, 3.8) is 0 Å². The first-order chi connectivity index (χ1) is 10.8. The Morgan fingerprint density at radius 3 is 2.91 bits per heavy atom. The van der Waals surface area contributed by atoms with Gasteiger partial charge in [0.2, 0.25) is 0 Å². The lowest BCUT2D eigenvalue weighted by atomic mass is 9.73. The molecule has 3 heterocycles. The summed E-state index contributed by atoms with van der Waals surface area (Å²) in [5, 5.41) is 0. The second-order valence-corrected chi connectivity index (χ2v) is 7.21. The molecule has 0 spiro atoms. The summed E-state index contributed by atoms with van der Waals surface area (Å²) in [5.74, 6) is 0.681. The Bertz CT molecular complexity index is 356. The third-order valence-electron chi connectivity index (χ3n) is 5.54. The lowest BCUT2D eigenvalue weighted by molar-refractivity contribution is -0.154. The average Bonchev–Trinajstić information content (AvgIpc) is 2.56. The molecule has 4 heteroatoms. The van der Waals surface area contributed by atoms with E-state index in [2.05, 4.69) is 11.5 Å². The summed E-state index contributed by atoms with van der Waals surface area (Å²) in [6.07, 6.45) is 8.23. The van der Waals surface area contributed by atoms with E-state index in [1.807, 2.05) is 6.08 Å². The van der Waals surface area contributed by atoms with Crippen molar-refractivity contribution < 1.29 is 14.2 Å². The molecule has 0 aromatic heterocycles. The van der Waals surface area contributed by atoms with Gasteiger partial charge in [-0.1, -0.05) is 6.08 Å². The first kappa shape index (κ1) is 16.4. The van der Waals surface area contributed by atoms with Gasteiger partial charge in [0.25, 0.3) is 0 Å². The maximum Gasteiger partial charge on any atom is 0.0677 e. The minimum Gasteiger partial charge on any atom is -0.381 e. The number of ether oxygens (including phenoxy) is 3. The zero-order chi connectivity index (χ0) is 15.3. The third kappa shape index (κ3) is 3.91. The smallest absolute Gasteiger partial charge is 0.0677 e. The molecular weight excluding hydrogens is 278 g/mol. The van der Waals surface area contributed by atoms with Crippen molar-refractivity contribution in [1.82, 2.24) is 4.90 Å². The molecule has 0 aliphatic carbocycles. The van der Waals surface area contributed by atoms with Crippen LogP contribution in [0.1, 0.15) is 32.1 Å². The van der Waals surface area contributed by atoms with Gasteiger partial charge in [-0.15, -0.1) is 6.58 Å². The van der Waals surface area contributed by atoms with Crippen molar-refractivity contribution in [3.8, 4) is 0 Å². The summed E-state index contributed by atoms with van der Waals surface area (Å²) in [5.41, 5.74) is 0.199. The first-order valence-corrected chi connectivity index (χ1v) is 8.93. The summed E-state index contributed by atoms with van der Waals surface area (Å²) >= 11 is 0. The van der Waals surface area contributed by atoms with E-state index in [9.17, 15) is 0 Å². The Morgan fingerprint density at radius 1 is 1.23 bits per heavy atom. The topological polar surface area (TPSA) is 30.9 Å². The molecule has 3 aliphatic rings.